The van der Waals surface area contributed by atoms with Crippen molar-refractivity contribution < 1.29 is 14.3 Å². The first-order chi connectivity index (χ1) is 12.5. The van der Waals surface area contributed by atoms with E-state index in [1.54, 1.807) is 7.11 Å². The summed E-state index contributed by atoms with van der Waals surface area (Å²) in [5.74, 6) is 0.461. The second kappa shape index (κ2) is 8.21. The van der Waals surface area contributed by atoms with Gasteiger partial charge in [0.15, 0.2) is 0 Å². The summed E-state index contributed by atoms with van der Waals surface area (Å²) in [6.07, 6.45) is 4.04. The molecule has 5 nitrogen and oxygen atoms in total. The predicted molar refractivity (Wildman–Crippen MR) is 101 cm³/mol. The van der Waals surface area contributed by atoms with Crippen molar-refractivity contribution in [1.29, 1.82) is 0 Å². The summed E-state index contributed by atoms with van der Waals surface area (Å²) in [4.78, 5) is 28.8. The molecular weight excluding hydrogens is 328 g/mol. The van der Waals surface area contributed by atoms with Gasteiger partial charge in [-0.05, 0) is 42.7 Å². The Balaban J connectivity index is 1.55. The number of ether oxygens (including phenoxy) is 1. The average molecular weight is 358 g/mol. The van der Waals surface area contributed by atoms with Crippen LogP contribution < -0.4 is 0 Å². The van der Waals surface area contributed by atoms with E-state index in [0.717, 1.165) is 44.5 Å². The minimum atomic E-state index is 0.182. The Kier molecular flexibility index (Phi) is 5.97. The Morgan fingerprint density at radius 1 is 1.19 bits per heavy atom. The van der Waals surface area contributed by atoms with Gasteiger partial charge in [-0.1, -0.05) is 24.3 Å². The Bertz CT molecular complexity index is 650. The van der Waals surface area contributed by atoms with E-state index in [2.05, 4.69) is 13.0 Å². The Morgan fingerprint density at radius 3 is 2.62 bits per heavy atom. The SMILES string of the molecule is COCCN1CC2(CCC1=O)CCN(C(=O)Cc1ccccc1C)CC2. The third-order valence-corrected chi connectivity index (χ3v) is 6.09. The zero-order valence-electron chi connectivity index (χ0n) is 16.0. The second-order valence-corrected chi connectivity index (χ2v) is 7.79. The molecule has 2 aliphatic rings. The molecule has 0 atom stereocenters. The number of carbonyl (C=O) groups is 2. The first-order valence-corrected chi connectivity index (χ1v) is 9.62. The average Bonchev–Trinajstić information content (AvgIpc) is 2.65. The number of aryl methyl sites for hydroxylation is 1. The van der Waals surface area contributed by atoms with Crippen molar-refractivity contribution in [3.8, 4) is 0 Å². The number of carbonyl (C=O) groups excluding carboxylic acids is 2. The number of nitrogens with zero attached hydrogens (tertiary/aromatic N) is 2. The summed E-state index contributed by atoms with van der Waals surface area (Å²) >= 11 is 0. The van der Waals surface area contributed by atoms with Gasteiger partial charge in [0, 0.05) is 39.7 Å². The summed E-state index contributed by atoms with van der Waals surface area (Å²) in [5, 5.41) is 0. The third kappa shape index (κ3) is 4.26. The van der Waals surface area contributed by atoms with Crippen molar-refractivity contribution in [3.63, 3.8) is 0 Å². The van der Waals surface area contributed by atoms with Gasteiger partial charge in [-0.25, -0.2) is 0 Å². The molecule has 0 aliphatic carbocycles. The van der Waals surface area contributed by atoms with Gasteiger partial charge in [0.25, 0.3) is 0 Å². The molecule has 1 aromatic rings. The Hall–Kier alpha value is -1.88. The monoisotopic (exact) mass is 358 g/mol. The number of piperidine rings is 2. The van der Waals surface area contributed by atoms with E-state index in [-0.39, 0.29) is 17.2 Å². The highest BCUT2D eigenvalue weighted by molar-refractivity contribution is 5.79. The molecule has 1 spiro atoms. The predicted octanol–water partition coefficient (Wildman–Crippen LogP) is 2.42. The van der Waals surface area contributed by atoms with E-state index in [9.17, 15) is 9.59 Å². The van der Waals surface area contributed by atoms with Crippen LogP contribution in [-0.4, -0.2) is 61.5 Å². The molecule has 1 aromatic carbocycles. The zero-order valence-corrected chi connectivity index (χ0v) is 16.0. The van der Waals surface area contributed by atoms with Crippen molar-refractivity contribution in [3.05, 3.63) is 35.4 Å². The van der Waals surface area contributed by atoms with Crippen LogP contribution >= 0.6 is 0 Å². The fourth-order valence-electron chi connectivity index (χ4n) is 4.23. The highest BCUT2D eigenvalue weighted by Crippen LogP contribution is 2.40. The fraction of sp³-hybridized carbons (Fsp3) is 0.619. The van der Waals surface area contributed by atoms with Crippen molar-refractivity contribution in [2.75, 3.05) is 39.9 Å². The van der Waals surface area contributed by atoms with E-state index >= 15 is 0 Å². The van der Waals surface area contributed by atoms with Crippen LogP contribution in [0.1, 0.15) is 36.8 Å². The molecule has 2 fully saturated rings. The van der Waals surface area contributed by atoms with Crippen molar-refractivity contribution in [2.24, 2.45) is 5.41 Å². The quantitative estimate of drug-likeness (QED) is 0.812. The van der Waals surface area contributed by atoms with E-state index in [1.165, 1.54) is 5.56 Å². The van der Waals surface area contributed by atoms with Crippen molar-refractivity contribution in [1.82, 2.24) is 9.80 Å². The molecule has 0 radical (unpaired) electrons. The van der Waals surface area contributed by atoms with Gasteiger partial charge in [-0.3, -0.25) is 9.59 Å². The van der Waals surface area contributed by atoms with Crippen LogP contribution in [0.5, 0.6) is 0 Å². The van der Waals surface area contributed by atoms with Crippen molar-refractivity contribution >= 4 is 11.8 Å². The molecule has 142 valence electrons. The molecule has 0 bridgehead atoms. The van der Waals surface area contributed by atoms with Crippen LogP contribution in [-0.2, 0) is 20.7 Å². The normalized spacial score (nSPS) is 19.8. The summed E-state index contributed by atoms with van der Waals surface area (Å²) in [7, 11) is 1.67. The number of methoxy groups -OCH3 is 1. The molecule has 2 aliphatic heterocycles. The van der Waals surface area contributed by atoms with E-state index in [1.807, 2.05) is 28.0 Å². The first-order valence-electron chi connectivity index (χ1n) is 9.62. The highest BCUT2D eigenvalue weighted by Gasteiger charge is 2.41. The highest BCUT2D eigenvalue weighted by atomic mass is 16.5. The van der Waals surface area contributed by atoms with Crippen LogP contribution in [0.15, 0.2) is 24.3 Å². The Labute approximate surface area is 156 Å². The largest absolute Gasteiger partial charge is 0.383 e. The molecule has 0 unspecified atom stereocenters. The standard InChI is InChI=1S/C21H30N2O3/c1-17-5-3-4-6-18(17)15-20(25)22-11-9-21(10-12-22)8-7-19(24)23(16-21)13-14-26-2/h3-6H,7-16H2,1-2H3. The molecule has 26 heavy (non-hydrogen) atoms. The van der Waals surface area contributed by atoms with Crippen molar-refractivity contribution in [2.45, 2.75) is 39.0 Å². The molecule has 3 rings (SSSR count). The lowest BCUT2D eigenvalue weighted by Gasteiger charge is -2.47. The molecule has 2 saturated heterocycles. The maximum absolute atomic E-state index is 12.7. The summed E-state index contributed by atoms with van der Waals surface area (Å²) < 4.78 is 5.14. The minimum absolute atomic E-state index is 0.182. The van der Waals surface area contributed by atoms with Gasteiger partial charge in [0.05, 0.1) is 13.0 Å². The fourth-order valence-corrected chi connectivity index (χ4v) is 4.23. The molecule has 2 heterocycles. The lowest BCUT2D eigenvalue weighted by atomic mass is 9.72. The topological polar surface area (TPSA) is 49.9 Å². The van der Waals surface area contributed by atoms with Gasteiger partial charge in [-0.15, -0.1) is 0 Å². The van der Waals surface area contributed by atoms with Crippen LogP contribution in [0.3, 0.4) is 0 Å². The van der Waals surface area contributed by atoms with Crippen LogP contribution in [0.25, 0.3) is 0 Å². The second-order valence-electron chi connectivity index (χ2n) is 7.79. The Morgan fingerprint density at radius 2 is 1.92 bits per heavy atom. The van der Waals surface area contributed by atoms with Crippen LogP contribution in [0, 0.1) is 12.3 Å². The van der Waals surface area contributed by atoms with Crippen LogP contribution in [0.4, 0.5) is 0 Å². The van der Waals surface area contributed by atoms with Gasteiger partial charge >= 0.3 is 0 Å². The molecule has 2 amide bonds. The number of amides is 2. The maximum atomic E-state index is 12.7. The van der Waals surface area contributed by atoms with Gasteiger partial charge in [-0.2, -0.15) is 0 Å². The van der Waals surface area contributed by atoms with Gasteiger partial charge < -0.3 is 14.5 Å². The maximum Gasteiger partial charge on any atom is 0.226 e. The molecule has 0 saturated carbocycles. The molecule has 0 aromatic heterocycles. The first kappa shape index (κ1) is 18.9. The van der Waals surface area contributed by atoms with Gasteiger partial charge in [0.1, 0.15) is 0 Å². The number of hydrogen-bond donors (Lipinski definition) is 0. The zero-order chi connectivity index (χ0) is 18.6. The summed E-state index contributed by atoms with van der Waals surface area (Å²) in [6.45, 7) is 5.74. The lowest BCUT2D eigenvalue weighted by molar-refractivity contribution is -0.142. The minimum Gasteiger partial charge on any atom is -0.383 e. The number of likely N-dealkylation sites (tertiary alicyclic amines) is 2. The summed E-state index contributed by atoms with van der Waals surface area (Å²) in [5.41, 5.74) is 2.47. The summed E-state index contributed by atoms with van der Waals surface area (Å²) in [6, 6.07) is 8.10. The van der Waals surface area contributed by atoms with Gasteiger partial charge in [0.2, 0.25) is 11.8 Å². The number of hydrogen-bond acceptors (Lipinski definition) is 3. The number of benzene rings is 1. The molecule has 5 heteroatoms. The van der Waals surface area contributed by atoms with E-state index in [4.69, 9.17) is 4.74 Å². The molecular formula is C21H30N2O3. The smallest absolute Gasteiger partial charge is 0.226 e. The van der Waals surface area contributed by atoms with E-state index in [0.29, 0.717) is 26.0 Å². The lowest BCUT2D eigenvalue weighted by Crippen LogP contribution is -2.53. The number of rotatable bonds is 5. The van der Waals surface area contributed by atoms with Crippen LogP contribution in [0.2, 0.25) is 0 Å². The van der Waals surface area contributed by atoms with E-state index < -0.39 is 0 Å². The third-order valence-electron chi connectivity index (χ3n) is 6.09. The molecule has 0 N–H and O–H groups in total.